The lowest BCUT2D eigenvalue weighted by atomic mass is 10.0. The third-order valence-electron chi connectivity index (χ3n) is 4.61. The minimum atomic E-state index is -0.0257. The van der Waals surface area contributed by atoms with Crippen LogP contribution >= 0.6 is 0 Å². The first-order chi connectivity index (χ1) is 8.30. The number of nitrogen functional groups attached to an aromatic ring is 1. The van der Waals surface area contributed by atoms with Gasteiger partial charge in [0.15, 0.2) is 0 Å². The monoisotopic (exact) mass is 247 g/mol. The molecule has 0 saturated heterocycles. The summed E-state index contributed by atoms with van der Waals surface area (Å²) in [5, 5.41) is 3.10. The first kappa shape index (κ1) is 12.9. The summed E-state index contributed by atoms with van der Waals surface area (Å²) in [7, 11) is 0. The molecule has 2 rings (SSSR count). The predicted octanol–water partition coefficient (Wildman–Crippen LogP) is 2.14. The number of carbonyl (C=O) groups excluding carboxylic acids is 1. The highest BCUT2D eigenvalue weighted by Crippen LogP contribution is 2.62. The largest absolute Gasteiger partial charge is 0.348 e. The average Bonchev–Trinajstić information content (AvgIpc) is 2.72. The molecule has 4 nitrogen and oxygen atoms in total. The molecule has 1 fully saturated rings. The topological polar surface area (TPSA) is 67.2 Å². The Labute approximate surface area is 108 Å². The van der Waals surface area contributed by atoms with E-state index in [2.05, 4.69) is 38.4 Å². The Morgan fingerprint density at radius 1 is 1.11 bits per heavy atom. The van der Waals surface area contributed by atoms with E-state index in [0.717, 1.165) is 5.69 Å². The molecule has 1 saturated carbocycles. The van der Waals surface area contributed by atoms with Gasteiger partial charge in [-0.15, -0.1) is 0 Å². The smallest absolute Gasteiger partial charge is 0.251 e. The van der Waals surface area contributed by atoms with Crippen molar-refractivity contribution in [2.45, 2.75) is 33.7 Å². The Balaban J connectivity index is 2.05. The molecule has 1 aliphatic rings. The summed E-state index contributed by atoms with van der Waals surface area (Å²) in [6.45, 7) is 8.72. The first-order valence-electron chi connectivity index (χ1n) is 6.18. The minimum absolute atomic E-state index is 0.0257. The quantitative estimate of drug-likeness (QED) is 0.566. The van der Waals surface area contributed by atoms with E-state index in [1.807, 2.05) is 0 Å². The number of amides is 1. The van der Waals surface area contributed by atoms with E-state index in [-0.39, 0.29) is 22.8 Å². The van der Waals surface area contributed by atoms with E-state index in [9.17, 15) is 4.79 Å². The van der Waals surface area contributed by atoms with Gasteiger partial charge >= 0.3 is 0 Å². The standard InChI is InChI=1S/C14H21N3O/c1-13(2)12(14(13,3)4)16-11(18)9-5-7-10(17-15)8-6-9/h5-8,12,17H,15H2,1-4H3,(H,16,18). The number of benzene rings is 1. The number of carbonyl (C=O) groups is 1. The van der Waals surface area contributed by atoms with Crippen molar-refractivity contribution in [1.29, 1.82) is 0 Å². The summed E-state index contributed by atoms with van der Waals surface area (Å²) in [5.74, 6) is 5.26. The van der Waals surface area contributed by atoms with Crippen molar-refractivity contribution < 1.29 is 4.79 Å². The van der Waals surface area contributed by atoms with Gasteiger partial charge < -0.3 is 10.7 Å². The van der Waals surface area contributed by atoms with Gasteiger partial charge in [0.1, 0.15) is 0 Å². The van der Waals surface area contributed by atoms with E-state index in [1.54, 1.807) is 24.3 Å². The van der Waals surface area contributed by atoms with Crippen LogP contribution in [0.25, 0.3) is 0 Å². The van der Waals surface area contributed by atoms with Crippen LogP contribution < -0.4 is 16.6 Å². The van der Waals surface area contributed by atoms with Gasteiger partial charge in [0, 0.05) is 17.3 Å². The molecule has 0 bridgehead atoms. The molecule has 1 amide bonds. The Kier molecular flexibility index (Phi) is 2.86. The zero-order valence-electron chi connectivity index (χ0n) is 11.4. The summed E-state index contributed by atoms with van der Waals surface area (Å²) in [4.78, 5) is 12.1. The molecular formula is C14H21N3O. The van der Waals surface area contributed by atoms with E-state index in [0.29, 0.717) is 5.56 Å². The normalized spacial score (nSPS) is 20.3. The van der Waals surface area contributed by atoms with Gasteiger partial charge in [-0.05, 0) is 35.1 Å². The van der Waals surface area contributed by atoms with Gasteiger partial charge in [-0.1, -0.05) is 27.7 Å². The molecule has 0 radical (unpaired) electrons. The van der Waals surface area contributed by atoms with Crippen LogP contribution in [0.4, 0.5) is 5.69 Å². The van der Waals surface area contributed by atoms with Crippen molar-refractivity contribution in [3.8, 4) is 0 Å². The second-order valence-corrected chi connectivity index (χ2v) is 6.07. The van der Waals surface area contributed by atoms with Crippen LogP contribution in [0.5, 0.6) is 0 Å². The van der Waals surface area contributed by atoms with Gasteiger partial charge in [-0.25, -0.2) is 0 Å². The average molecular weight is 247 g/mol. The molecule has 0 aliphatic heterocycles. The number of anilines is 1. The van der Waals surface area contributed by atoms with E-state index in [1.165, 1.54) is 0 Å². The maximum Gasteiger partial charge on any atom is 0.251 e. The predicted molar refractivity (Wildman–Crippen MR) is 73.1 cm³/mol. The minimum Gasteiger partial charge on any atom is -0.348 e. The van der Waals surface area contributed by atoms with Crippen LogP contribution in [0.2, 0.25) is 0 Å². The van der Waals surface area contributed by atoms with Crippen LogP contribution in [0.15, 0.2) is 24.3 Å². The van der Waals surface area contributed by atoms with Crippen molar-refractivity contribution in [1.82, 2.24) is 5.32 Å². The van der Waals surface area contributed by atoms with Gasteiger partial charge in [0.25, 0.3) is 5.91 Å². The Bertz CT molecular complexity index is 448. The summed E-state index contributed by atoms with van der Waals surface area (Å²) in [6, 6.07) is 7.35. The Morgan fingerprint density at radius 3 is 2.00 bits per heavy atom. The van der Waals surface area contributed by atoms with Gasteiger partial charge in [0.05, 0.1) is 0 Å². The second kappa shape index (κ2) is 3.99. The zero-order valence-corrected chi connectivity index (χ0v) is 11.4. The van der Waals surface area contributed by atoms with Crippen LogP contribution in [-0.4, -0.2) is 11.9 Å². The SMILES string of the molecule is CC1(C)C(NC(=O)c2ccc(NN)cc2)C1(C)C. The number of hydrogen-bond donors (Lipinski definition) is 3. The Morgan fingerprint density at radius 2 is 1.61 bits per heavy atom. The number of nitrogens with one attached hydrogen (secondary N) is 2. The summed E-state index contributed by atoms with van der Waals surface area (Å²) in [5.41, 5.74) is 4.30. The lowest BCUT2D eigenvalue weighted by Crippen LogP contribution is -2.29. The molecule has 4 N–H and O–H groups in total. The molecule has 4 heteroatoms. The highest BCUT2D eigenvalue weighted by Gasteiger charge is 2.65. The molecule has 98 valence electrons. The molecule has 18 heavy (non-hydrogen) atoms. The van der Waals surface area contributed by atoms with Crippen LogP contribution in [0.3, 0.4) is 0 Å². The molecule has 0 unspecified atom stereocenters. The molecule has 1 aromatic rings. The summed E-state index contributed by atoms with van der Waals surface area (Å²) < 4.78 is 0. The molecule has 0 atom stereocenters. The van der Waals surface area contributed by atoms with Gasteiger partial charge in [0.2, 0.25) is 0 Å². The highest BCUT2D eigenvalue weighted by molar-refractivity contribution is 5.95. The van der Waals surface area contributed by atoms with E-state index < -0.39 is 0 Å². The van der Waals surface area contributed by atoms with Crippen molar-refractivity contribution in [3.63, 3.8) is 0 Å². The maximum atomic E-state index is 12.1. The molecule has 1 aromatic carbocycles. The van der Waals surface area contributed by atoms with E-state index >= 15 is 0 Å². The van der Waals surface area contributed by atoms with Crippen LogP contribution in [-0.2, 0) is 0 Å². The third kappa shape index (κ3) is 1.86. The number of hydrogen-bond acceptors (Lipinski definition) is 3. The second-order valence-electron chi connectivity index (χ2n) is 6.07. The Hall–Kier alpha value is -1.55. The third-order valence-corrected chi connectivity index (χ3v) is 4.61. The van der Waals surface area contributed by atoms with E-state index in [4.69, 9.17) is 5.84 Å². The summed E-state index contributed by atoms with van der Waals surface area (Å²) in [6.07, 6.45) is 0. The maximum absolute atomic E-state index is 12.1. The van der Waals surface area contributed by atoms with Crippen molar-refractivity contribution >= 4 is 11.6 Å². The lowest BCUT2D eigenvalue weighted by molar-refractivity contribution is 0.0943. The van der Waals surface area contributed by atoms with Crippen molar-refractivity contribution in [3.05, 3.63) is 29.8 Å². The fraction of sp³-hybridized carbons (Fsp3) is 0.500. The van der Waals surface area contributed by atoms with Crippen molar-refractivity contribution in [2.75, 3.05) is 5.43 Å². The van der Waals surface area contributed by atoms with Gasteiger partial charge in [-0.3, -0.25) is 10.6 Å². The zero-order chi connectivity index (χ0) is 13.6. The number of hydrazine groups is 1. The number of rotatable bonds is 3. The number of nitrogens with two attached hydrogens (primary N) is 1. The molecule has 0 heterocycles. The molecule has 1 aliphatic carbocycles. The first-order valence-corrected chi connectivity index (χ1v) is 6.18. The van der Waals surface area contributed by atoms with Crippen molar-refractivity contribution in [2.24, 2.45) is 16.7 Å². The molecular weight excluding hydrogens is 226 g/mol. The van der Waals surface area contributed by atoms with Crippen LogP contribution in [0, 0.1) is 10.8 Å². The lowest BCUT2D eigenvalue weighted by Gasteiger charge is -2.07. The fourth-order valence-electron chi connectivity index (χ4n) is 2.49. The summed E-state index contributed by atoms with van der Waals surface area (Å²) >= 11 is 0. The molecule has 0 spiro atoms. The fourth-order valence-corrected chi connectivity index (χ4v) is 2.49. The van der Waals surface area contributed by atoms with Gasteiger partial charge in [-0.2, -0.15) is 0 Å². The van der Waals surface area contributed by atoms with Crippen LogP contribution in [0.1, 0.15) is 38.1 Å². The molecule has 0 aromatic heterocycles. The highest BCUT2D eigenvalue weighted by atomic mass is 16.1.